The zero-order valence-electron chi connectivity index (χ0n) is 11.3. The van der Waals surface area contributed by atoms with Crippen molar-refractivity contribution in [1.29, 1.82) is 5.26 Å². The molecule has 6 nitrogen and oxygen atoms in total. The third-order valence-corrected chi connectivity index (χ3v) is 2.58. The highest BCUT2D eigenvalue weighted by Crippen LogP contribution is 2.25. The van der Waals surface area contributed by atoms with Crippen molar-refractivity contribution in [1.82, 2.24) is 0 Å². The van der Waals surface area contributed by atoms with E-state index in [1.54, 1.807) is 37.3 Å². The lowest BCUT2D eigenvalue weighted by Crippen LogP contribution is -2.12. The van der Waals surface area contributed by atoms with Crippen LogP contribution in [0.2, 0.25) is 0 Å². The van der Waals surface area contributed by atoms with E-state index < -0.39 is 11.9 Å². The summed E-state index contributed by atoms with van der Waals surface area (Å²) in [5.41, 5.74) is 0.592. The highest BCUT2D eigenvalue weighted by atomic mass is 16.6. The van der Waals surface area contributed by atoms with Gasteiger partial charge >= 0.3 is 11.9 Å². The molecule has 1 aromatic carbocycles. The largest absolute Gasteiger partial charge is 0.462 e. The van der Waals surface area contributed by atoms with E-state index in [9.17, 15) is 9.59 Å². The fraction of sp³-hybridized carbons (Fsp3) is 0.133. The molecule has 1 aromatic rings. The van der Waals surface area contributed by atoms with Gasteiger partial charge in [-0.15, -0.1) is 0 Å². The van der Waals surface area contributed by atoms with Gasteiger partial charge in [0.25, 0.3) is 0 Å². The number of nitrogens with one attached hydrogen (secondary N) is 1. The highest BCUT2D eigenvalue weighted by Gasteiger charge is 2.28. The second-order valence-electron chi connectivity index (χ2n) is 4.01. The summed E-state index contributed by atoms with van der Waals surface area (Å²) >= 11 is 0. The first-order chi connectivity index (χ1) is 10.2. The average molecular weight is 284 g/mol. The molecule has 0 radical (unpaired) electrons. The molecular weight excluding hydrogens is 272 g/mol. The molecule has 1 aliphatic heterocycles. The third-order valence-electron chi connectivity index (χ3n) is 2.58. The third kappa shape index (κ3) is 3.28. The molecule has 1 aliphatic rings. The van der Waals surface area contributed by atoms with Crippen LogP contribution in [-0.4, -0.2) is 18.5 Å². The molecular formula is C15H12N2O4. The van der Waals surface area contributed by atoms with Crippen LogP contribution in [0.3, 0.4) is 0 Å². The minimum Gasteiger partial charge on any atom is -0.462 e. The summed E-state index contributed by atoms with van der Waals surface area (Å²) in [5.74, 6) is -1.60. The molecule has 1 N–H and O–H groups in total. The first kappa shape index (κ1) is 14.3. The zero-order valence-corrected chi connectivity index (χ0v) is 11.3. The summed E-state index contributed by atoms with van der Waals surface area (Å²) in [5, 5.41) is 12.0. The number of ether oxygens (including phenoxy) is 2. The van der Waals surface area contributed by atoms with E-state index in [-0.39, 0.29) is 23.6 Å². The van der Waals surface area contributed by atoms with Gasteiger partial charge in [0.1, 0.15) is 6.07 Å². The Morgan fingerprint density at radius 1 is 1.38 bits per heavy atom. The van der Waals surface area contributed by atoms with Crippen molar-refractivity contribution in [2.45, 2.75) is 6.92 Å². The minimum absolute atomic E-state index is 0.121. The van der Waals surface area contributed by atoms with Gasteiger partial charge in [-0.1, -0.05) is 18.2 Å². The number of esters is 2. The van der Waals surface area contributed by atoms with Crippen LogP contribution < -0.4 is 5.32 Å². The van der Waals surface area contributed by atoms with Crippen LogP contribution in [0.4, 0.5) is 5.69 Å². The maximum absolute atomic E-state index is 11.7. The molecule has 1 heterocycles. The summed E-state index contributed by atoms with van der Waals surface area (Å²) in [7, 11) is 0. The van der Waals surface area contributed by atoms with Gasteiger partial charge in [-0.05, 0) is 19.1 Å². The number of cyclic esters (lactones) is 1. The topological polar surface area (TPSA) is 88.4 Å². The Morgan fingerprint density at radius 2 is 2.10 bits per heavy atom. The van der Waals surface area contributed by atoms with Gasteiger partial charge < -0.3 is 14.8 Å². The summed E-state index contributed by atoms with van der Waals surface area (Å²) in [4.78, 5) is 23.1. The maximum Gasteiger partial charge on any atom is 0.352 e. The van der Waals surface area contributed by atoms with Crippen molar-refractivity contribution in [2.75, 3.05) is 11.9 Å². The molecule has 0 saturated heterocycles. The van der Waals surface area contributed by atoms with Gasteiger partial charge in [-0.3, -0.25) is 0 Å². The molecule has 6 heteroatoms. The van der Waals surface area contributed by atoms with E-state index in [0.29, 0.717) is 5.69 Å². The van der Waals surface area contributed by atoms with Crippen molar-refractivity contribution >= 4 is 17.6 Å². The standard InChI is InChI=1S/C15H12N2O4/c1-2-20-15(19)11(9-16)14-12(8-13(18)21-14)17-10-6-4-3-5-7-10/h3-8,17H,2H2,1H3/b14-11-. The van der Waals surface area contributed by atoms with Crippen LogP contribution in [0.15, 0.2) is 53.4 Å². The van der Waals surface area contributed by atoms with Crippen LogP contribution in [0, 0.1) is 11.3 Å². The monoisotopic (exact) mass is 284 g/mol. The van der Waals surface area contributed by atoms with Crippen LogP contribution in [0.1, 0.15) is 6.92 Å². The summed E-state index contributed by atoms with van der Waals surface area (Å²) < 4.78 is 9.70. The predicted molar refractivity (Wildman–Crippen MR) is 73.5 cm³/mol. The van der Waals surface area contributed by atoms with Crippen molar-refractivity contribution in [2.24, 2.45) is 0 Å². The van der Waals surface area contributed by atoms with Gasteiger partial charge in [0.2, 0.25) is 0 Å². The molecule has 0 saturated carbocycles. The first-order valence-electron chi connectivity index (χ1n) is 6.23. The predicted octanol–water partition coefficient (Wildman–Crippen LogP) is 1.88. The fourth-order valence-electron chi connectivity index (χ4n) is 1.72. The lowest BCUT2D eigenvalue weighted by molar-refractivity contribution is -0.138. The van der Waals surface area contributed by atoms with Gasteiger partial charge in [-0.2, -0.15) is 5.26 Å². The van der Waals surface area contributed by atoms with Gasteiger partial charge in [0, 0.05) is 5.69 Å². The Bertz CT molecular complexity index is 669. The van der Waals surface area contributed by atoms with Crippen molar-refractivity contribution in [3.63, 3.8) is 0 Å². The summed E-state index contributed by atoms with van der Waals surface area (Å²) in [6, 6.07) is 10.7. The quantitative estimate of drug-likeness (QED) is 0.516. The molecule has 0 fully saturated rings. The molecule has 2 rings (SSSR count). The van der Waals surface area contributed by atoms with Gasteiger partial charge in [0.15, 0.2) is 11.3 Å². The molecule has 0 unspecified atom stereocenters. The Labute approximate surface area is 121 Å². The van der Waals surface area contributed by atoms with Crippen LogP contribution >= 0.6 is 0 Å². The Morgan fingerprint density at radius 3 is 2.71 bits per heavy atom. The van der Waals surface area contributed by atoms with Crippen molar-refractivity contribution in [3.8, 4) is 6.07 Å². The second-order valence-corrected chi connectivity index (χ2v) is 4.01. The number of anilines is 1. The smallest absolute Gasteiger partial charge is 0.352 e. The Kier molecular flexibility index (Phi) is 4.36. The van der Waals surface area contributed by atoms with E-state index in [2.05, 4.69) is 5.32 Å². The average Bonchev–Trinajstić information content (AvgIpc) is 2.82. The number of hydrogen-bond donors (Lipinski definition) is 1. The molecule has 0 aliphatic carbocycles. The summed E-state index contributed by atoms with van der Waals surface area (Å²) in [6.07, 6.45) is 1.18. The number of carbonyl (C=O) groups excluding carboxylic acids is 2. The van der Waals surface area contributed by atoms with Crippen LogP contribution in [-0.2, 0) is 19.1 Å². The molecule has 0 aromatic heterocycles. The minimum atomic E-state index is -0.828. The van der Waals surface area contributed by atoms with Crippen molar-refractivity contribution < 1.29 is 19.1 Å². The fourth-order valence-corrected chi connectivity index (χ4v) is 1.72. The number of benzene rings is 1. The second kappa shape index (κ2) is 6.39. The molecule has 106 valence electrons. The lowest BCUT2D eigenvalue weighted by atomic mass is 10.2. The zero-order chi connectivity index (χ0) is 15.2. The van der Waals surface area contributed by atoms with Gasteiger partial charge in [-0.25, -0.2) is 9.59 Å². The number of nitrogens with zero attached hydrogens (tertiary/aromatic N) is 1. The van der Waals surface area contributed by atoms with Gasteiger partial charge in [0.05, 0.1) is 18.4 Å². The molecule has 21 heavy (non-hydrogen) atoms. The Balaban J connectivity index is 2.34. The first-order valence-corrected chi connectivity index (χ1v) is 6.23. The van der Waals surface area contributed by atoms with E-state index in [1.165, 1.54) is 6.08 Å². The van der Waals surface area contributed by atoms with Crippen molar-refractivity contribution in [3.05, 3.63) is 53.4 Å². The van der Waals surface area contributed by atoms with Crippen LogP contribution in [0.5, 0.6) is 0 Å². The number of nitriles is 1. The number of rotatable bonds is 4. The maximum atomic E-state index is 11.7. The molecule has 0 amide bonds. The van der Waals surface area contributed by atoms with E-state index in [4.69, 9.17) is 14.7 Å². The highest BCUT2D eigenvalue weighted by molar-refractivity contribution is 5.98. The lowest BCUT2D eigenvalue weighted by Gasteiger charge is -2.09. The van der Waals surface area contributed by atoms with Crippen LogP contribution in [0.25, 0.3) is 0 Å². The van der Waals surface area contributed by atoms with E-state index >= 15 is 0 Å². The molecule has 0 spiro atoms. The van der Waals surface area contributed by atoms with E-state index in [0.717, 1.165) is 0 Å². The normalized spacial score (nSPS) is 15.6. The van der Waals surface area contributed by atoms with E-state index in [1.807, 2.05) is 6.07 Å². The molecule has 0 atom stereocenters. The SMILES string of the molecule is CCOC(=O)/C(C#N)=C1\OC(=O)C=C1Nc1ccccc1. The summed E-state index contributed by atoms with van der Waals surface area (Å²) in [6.45, 7) is 1.74. The number of carbonyl (C=O) groups is 2. The number of hydrogen-bond acceptors (Lipinski definition) is 6. The Hall–Kier alpha value is -3.07. The molecule has 0 bridgehead atoms. The number of para-hydroxylation sites is 1.